The fourth-order valence-corrected chi connectivity index (χ4v) is 1.94. The number of nitrogens with zero attached hydrogens (tertiary/aromatic N) is 2. The number of rotatable bonds is 3. The molecule has 86 valence electrons. The average Bonchev–Trinajstić information content (AvgIpc) is 2.29. The molecule has 0 amide bonds. The Hall–Kier alpha value is -1.19. The van der Waals surface area contributed by atoms with E-state index in [9.17, 15) is 0 Å². The summed E-state index contributed by atoms with van der Waals surface area (Å²) in [7, 11) is 0. The molecule has 0 spiro atoms. The van der Waals surface area contributed by atoms with Crippen molar-refractivity contribution < 1.29 is 4.74 Å². The molecule has 0 radical (unpaired) electrons. The lowest BCUT2D eigenvalue weighted by atomic mass is 10.2. The molecule has 16 heavy (non-hydrogen) atoms. The second kappa shape index (κ2) is 5.23. The predicted molar refractivity (Wildman–Crippen MR) is 65.2 cm³/mol. The van der Waals surface area contributed by atoms with Gasteiger partial charge in [-0.25, -0.2) is 0 Å². The molecule has 2 heterocycles. The van der Waals surface area contributed by atoms with Gasteiger partial charge in [-0.3, -0.25) is 9.88 Å². The zero-order chi connectivity index (χ0) is 11.4. The van der Waals surface area contributed by atoms with Crippen LogP contribution in [0.25, 0.3) is 6.08 Å². The molecule has 1 aliphatic heterocycles. The molecule has 1 saturated heterocycles. The maximum Gasteiger partial charge on any atom is 0.0630 e. The lowest BCUT2D eigenvalue weighted by Crippen LogP contribution is -2.35. The van der Waals surface area contributed by atoms with Gasteiger partial charge in [0.1, 0.15) is 0 Å². The van der Waals surface area contributed by atoms with Gasteiger partial charge >= 0.3 is 0 Å². The van der Waals surface area contributed by atoms with E-state index in [0.29, 0.717) is 0 Å². The third kappa shape index (κ3) is 2.90. The number of aromatic nitrogens is 1. The van der Waals surface area contributed by atoms with Crippen LogP contribution in [-0.2, 0) is 11.3 Å². The summed E-state index contributed by atoms with van der Waals surface area (Å²) in [5.74, 6) is 0. The molecule has 0 aliphatic carbocycles. The van der Waals surface area contributed by atoms with Gasteiger partial charge in [0, 0.05) is 19.6 Å². The van der Waals surface area contributed by atoms with Crippen LogP contribution >= 0.6 is 0 Å². The summed E-state index contributed by atoms with van der Waals surface area (Å²) in [6.07, 6.45) is 1.80. The number of aryl methyl sites for hydroxylation is 1. The number of pyridine rings is 1. The molecule has 0 unspecified atom stereocenters. The van der Waals surface area contributed by atoms with Crippen LogP contribution in [0.1, 0.15) is 17.0 Å². The van der Waals surface area contributed by atoms with E-state index in [-0.39, 0.29) is 0 Å². The molecule has 3 nitrogen and oxygen atoms in total. The summed E-state index contributed by atoms with van der Waals surface area (Å²) >= 11 is 0. The summed E-state index contributed by atoms with van der Waals surface area (Å²) in [4.78, 5) is 6.92. The van der Waals surface area contributed by atoms with Crippen molar-refractivity contribution in [1.82, 2.24) is 9.88 Å². The van der Waals surface area contributed by atoms with E-state index in [2.05, 4.69) is 35.5 Å². The number of hydrogen-bond donors (Lipinski definition) is 0. The molecule has 1 aromatic heterocycles. The van der Waals surface area contributed by atoms with Gasteiger partial charge < -0.3 is 4.74 Å². The van der Waals surface area contributed by atoms with Crippen molar-refractivity contribution in [2.24, 2.45) is 0 Å². The zero-order valence-electron chi connectivity index (χ0n) is 9.78. The quantitative estimate of drug-likeness (QED) is 0.774. The van der Waals surface area contributed by atoms with Crippen molar-refractivity contribution >= 4 is 6.08 Å². The molecule has 0 aromatic carbocycles. The first-order valence-electron chi connectivity index (χ1n) is 5.68. The lowest BCUT2D eigenvalue weighted by molar-refractivity contribution is 0.0336. The highest BCUT2D eigenvalue weighted by atomic mass is 16.5. The van der Waals surface area contributed by atoms with Crippen LogP contribution in [0, 0.1) is 6.92 Å². The number of hydrogen-bond acceptors (Lipinski definition) is 3. The van der Waals surface area contributed by atoms with Gasteiger partial charge in [0.2, 0.25) is 0 Å². The van der Waals surface area contributed by atoms with Gasteiger partial charge in [0.05, 0.1) is 24.6 Å². The normalized spacial score (nSPS) is 17.3. The Labute approximate surface area is 96.7 Å². The molecule has 1 fully saturated rings. The molecule has 1 aromatic rings. The fraction of sp³-hybridized carbons (Fsp3) is 0.462. The van der Waals surface area contributed by atoms with Gasteiger partial charge in [-0.15, -0.1) is 0 Å². The van der Waals surface area contributed by atoms with Gasteiger partial charge in [0.25, 0.3) is 0 Å². The van der Waals surface area contributed by atoms with Gasteiger partial charge in [-0.2, -0.15) is 0 Å². The third-order valence-corrected chi connectivity index (χ3v) is 2.74. The smallest absolute Gasteiger partial charge is 0.0630 e. The van der Waals surface area contributed by atoms with Crippen LogP contribution in [-0.4, -0.2) is 36.2 Å². The van der Waals surface area contributed by atoms with E-state index in [1.807, 2.05) is 0 Å². The van der Waals surface area contributed by atoms with Gasteiger partial charge in [0.15, 0.2) is 0 Å². The summed E-state index contributed by atoms with van der Waals surface area (Å²) in [6.45, 7) is 10.4. The lowest BCUT2D eigenvalue weighted by Gasteiger charge is -2.26. The summed E-state index contributed by atoms with van der Waals surface area (Å²) in [5, 5.41) is 0. The Kier molecular flexibility index (Phi) is 3.70. The highest BCUT2D eigenvalue weighted by Gasteiger charge is 2.11. The highest BCUT2D eigenvalue weighted by molar-refractivity contribution is 5.43. The minimum absolute atomic E-state index is 0.833. The SMILES string of the molecule is C=Cc1cc(C)cc(CN2CCOCC2)n1. The minimum Gasteiger partial charge on any atom is -0.379 e. The van der Waals surface area contributed by atoms with E-state index >= 15 is 0 Å². The minimum atomic E-state index is 0.833. The summed E-state index contributed by atoms with van der Waals surface area (Å²) in [5.41, 5.74) is 3.33. The molecule has 1 aliphatic rings. The maximum atomic E-state index is 5.33. The van der Waals surface area contributed by atoms with Crippen molar-refractivity contribution in [2.45, 2.75) is 13.5 Å². The van der Waals surface area contributed by atoms with Crippen LogP contribution < -0.4 is 0 Å². The van der Waals surface area contributed by atoms with Gasteiger partial charge in [-0.05, 0) is 30.7 Å². The number of morpholine rings is 1. The van der Waals surface area contributed by atoms with Crippen molar-refractivity contribution in [3.8, 4) is 0 Å². The molecular formula is C13H18N2O. The van der Waals surface area contributed by atoms with Crippen LogP contribution in [0.2, 0.25) is 0 Å². The Morgan fingerprint density at radius 1 is 1.44 bits per heavy atom. The summed E-state index contributed by atoms with van der Waals surface area (Å²) < 4.78 is 5.33. The second-order valence-corrected chi connectivity index (χ2v) is 4.15. The number of ether oxygens (including phenoxy) is 1. The van der Waals surface area contributed by atoms with Crippen molar-refractivity contribution in [3.05, 3.63) is 35.7 Å². The molecule has 0 saturated carbocycles. The van der Waals surface area contributed by atoms with Gasteiger partial charge in [-0.1, -0.05) is 6.58 Å². The van der Waals surface area contributed by atoms with E-state index in [1.54, 1.807) is 6.08 Å². The van der Waals surface area contributed by atoms with E-state index in [4.69, 9.17) is 4.74 Å². The first-order valence-corrected chi connectivity index (χ1v) is 5.68. The van der Waals surface area contributed by atoms with E-state index < -0.39 is 0 Å². The molecule has 0 atom stereocenters. The van der Waals surface area contributed by atoms with Crippen LogP contribution in [0.5, 0.6) is 0 Å². The third-order valence-electron chi connectivity index (χ3n) is 2.74. The van der Waals surface area contributed by atoms with Crippen molar-refractivity contribution in [3.63, 3.8) is 0 Å². The molecule has 0 bridgehead atoms. The van der Waals surface area contributed by atoms with Crippen LogP contribution in [0.15, 0.2) is 18.7 Å². The molecule has 3 heteroatoms. The Morgan fingerprint density at radius 3 is 2.88 bits per heavy atom. The Morgan fingerprint density at radius 2 is 2.19 bits per heavy atom. The van der Waals surface area contributed by atoms with Crippen LogP contribution in [0.4, 0.5) is 0 Å². The fourth-order valence-electron chi connectivity index (χ4n) is 1.94. The van der Waals surface area contributed by atoms with Crippen molar-refractivity contribution in [2.75, 3.05) is 26.3 Å². The first kappa shape index (κ1) is 11.3. The molecule has 0 N–H and O–H groups in total. The highest BCUT2D eigenvalue weighted by Crippen LogP contribution is 2.10. The Bertz CT molecular complexity index is 370. The average molecular weight is 218 g/mol. The van der Waals surface area contributed by atoms with Crippen LogP contribution in [0.3, 0.4) is 0 Å². The molecular weight excluding hydrogens is 200 g/mol. The molecule has 2 rings (SSSR count). The van der Waals surface area contributed by atoms with Crippen molar-refractivity contribution in [1.29, 1.82) is 0 Å². The largest absolute Gasteiger partial charge is 0.379 e. The maximum absolute atomic E-state index is 5.33. The van der Waals surface area contributed by atoms with E-state index in [1.165, 1.54) is 5.56 Å². The first-order chi connectivity index (χ1) is 7.78. The Balaban J connectivity index is 2.07. The zero-order valence-corrected chi connectivity index (χ0v) is 9.78. The standard InChI is InChI=1S/C13H18N2O/c1-3-12-8-11(2)9-13(14-12)10-15-4-6-16-7-5-15/h3,8-9H,1,4-7,10H2,2H3. The second-order valence-electron chi connectivity index (χ2n) is 4.15. The topological polar surface area (TPSA) is 25.4 Å². The monoisotopic (exact) mass is 218 g/mol. The summed E-state index contributed by atoms with van der Waals surface area (Å²) in [6, 6.07) is 4.19. The van der Waals surface area contributed by atoms with E-state index in [0.717, 1.165) is 44.2 Å². The predicted octanol–water partition coefficient (Wildman–Crippen LogP) is 1.87.